The lowest BCUT2D eigenvalue weighted by Gasteiger charge is -2.22. The topological polar surface area (TPSA) is 75.4 Å². The van der Waals surface area contributed by atoms with E-state index in [1.165, 1.54) is 11.3 Å². The first-order valence-electron chi connectivity index (χ1n) is 9.12. The number of nitrogens with one attached hydrogen (secondary N) is 1. The zero-order chi connectivity index (χ0) is 19.7. The number of carbonyl (C=O) groups excluding carboxylic acids is 2. The molecule has 142 valence electrons. The van der Waals surface area contributed by atoms with Gasteiger partial charge in [-0.15, -0.1) is 11.3 Å². The lowest BCUT2D eigenvalue weighted by Crippen LogP contribution is -2.27. The molecule has 0 saturated heterocycles. The van der Waals surface area contributed by atoms with E-state index >= 15 is 0 Å². The van der Waals surface area contributed by atoms with Gasteiger partial charge in [0, 0.05) is 23.5 Å². The molecule has 0 radical (unpaired) electrons. The van der Waals surface area contributed by atoms with E-state index < -0.39 is 5.91 Å². The number of anilines is 1. The first-order valence-corrected chi connectivity index (χ1v) is 9.94. The molecule has 2 aromatic carbocycles. The summed E-state index contributed by atoms with van der Waals surface area (Å²) in [6, 6.07) is 17.4. The van der Waals surface area contributed by atoms with Crippen molar-refractivity contribution in [2.24, 2.45) is 5.73 Å². The number of rotatable bonds is 4. The van der Waals surface area contributed by atoms with E-state index in [-0.39, 0.29) is 5.91 Å². The van der Waals surface area contributed by atoms with Crippen LogP contribution in [0.2, 0.25) is 0 Å². The van der Waals surface area contributed by atoms with Gasteiger partial charge in [0.2, 0.25) is 0 Å². The fourth-order valence-corrected chi connectivity index (χ4v) is 4.83. The number of primary amides is 1. The van der Waals surface area contributed by atoms with E-state index in [0.29, 0.717) is 16.1 Å². The van der Waals surface area contributed by atoms with Gasteiger partial charge < -0.3 is 16.0 Å². The number of nitrogens with two attached hydrogens (primary N) is 1. The number of likely N-dealkylation sites (N-methyl/N-ethyl adjacent to an activating group) is 1. The summed E-state index contributed by atoms with van der Waals surface area (Å²) in [7, 11) is 2.04. The molecule has 1 aliphatic rings. The van der Waals surface area contributed by atoms with E-state index in [0.717, 1.165) is 41.1 Å². The van der Waals surface area contributed by atoms with Crippen LogP contribution in [0.3, 0.4) is 0 Å². The molecule has 5 nitrogen and oxygen atoms in total. The van der Waals surface area contributed by atoms with Crippen LogP contribution < -0.4 is 11.1 Å². The van der Waals surface area contributed by atoms with Crippen molar-refractivity contribution in [3.05, 3.63) is 76.2 Å². The molecule has 0 atom stereocenters. The highest BCUT2D eigenvalue weighted by atomic mass is 32.1. The van der Waals surface area contributed by atoms with Gasteiger partial charge in [-0.05, 0) is 42.3 Å². The quantitative estimate of drug-likeness (QED) is 0.711. The van der Waals surface area contributed by atoms with Crippen LogP contribution in [0.5, 0.6) is 0 Å². The summed E-state index contributed by atoms with van der Waals surface area (Å²) in [5, 5.41) is 3.45. The molecule has 2 heterocycles. The van der Waals surface area contributed by atoms with Gasteiger partial charge in [-0.3, -0.25) is 9.59 Å². The number of hydrogen-bond donors (Lipinski definition) is 2. The number of nitrogens with zero attached hydrogens (tertiary/aromatic N) is 1. The van der Waals surface area contributed by atoms with Crippen molar-refractivity contribution in [2.45, 2.75) is 13.0 Å². The molecule has 28 heavy (non-hydrogen) atoms. The molecule has 0 aliphatic carbocycles. The Labute approximate surface area is 167 Å². The smallest absolute Gasteiger partial charge is 0.256 e. The lowest BCUT2D eigenvalue weighted by atomic mass is 10.0. The van der Waals surface area contributed by atoms with E-state index in [4.69, 9.17) is 5.73 Å². The summed E-state index contributed by atoms with van der Waals surface area (Å²) < 4.78 is 0. The predicted octanol–water partition coefficient (Wildman–Crippen LogP) is 3.75. The Morgan fingerprint density at radius 1 is 1.04 bits per heavy atom. The van der Waals surface area contributed by atoms with Crippen LogP contribution in [0.4, 0.5) is 5.00 Å². The van der Waals surface area contributed by atoms with Crippen LogP contribution in [-0.2, 0) is 13.0 Å². The molecule has 4 rings (SSSR count). The zero-order valence-electron chi connectivity index (χ0n) is 15.6. The monoisotopic (exact) mass is 391 g/mol. The maximum atomic E-state index is 12.7. The third-order valence-corrected chi connectivity index (χ3v) is 6.11. The van der Waals surface area contributed by atoms with Crippen molar-refractivity contribution in [3.8, 4) is 11.1 Å². The molecule has 0 bridgehead atoms. The first-order chi connectivity index (χ1) is 13.5. The minimum absolute atomic E-state index is 0.242. The summed E-state index contributed by atoms with van der Waals surface area (Å²) in [4.78, 5) is 28.1. The number of hydrogen-bond acceptors (Lipinski definition) is 4. The maximum absolute atomic E-state index is 12.7. The van der Waals surface area contributed by atoms with Crippen molar-refractivity contribution in [3.63, 3.8) is 0 Å². The van der Waals surface area contributed by atoms with Gasteiger partial charge in [-0.25, -0.2) is 0 Å². The molecule has 0 saturated carbocycles. The standard InChI is InChI=1S/C22H21N3O2S/c1-25-12-11-17-18(13-25)28-22(19(17)20(23)26)24-21(27)16-9-7-15(8-10-16)14-5-3-2-4-6-14/h2-10H,11-13H2,1H3,(H2,23,26)(H,24,27). The van der Waals surface area contributed by atoms with E-state index in [1.54, 1.807) is 12.1 Å². The molecule has 1 aliphatic heterocycles. The second-order valence-electron chi connectivity index (χ2n) is 6.96. The molecule has 6 heteroatoms. The molecule has 0 unspecified atom stereocenters. The van der Waals surface area contributed by atoms with Gasteiger partial charge in [0.05, 0.1) is 5.56 Å². The van der Waals surface area contributed by atoms with Gasteiger partial charge in [-0.1, -0.05) is 42.5 Å². The Kier molecular flexibility index (Phi) is 4.98. The number of benzene rings is 2. The van der Waals surface area contributed by atoms with E-state index in [9.17, 15) is 9.59 Å². The van der Waals surface area contributed by atoms with Gasteiger partial charge in [-0.2, -0.15) is 0 Å². The van der Waals surface area contributed by atoms with Crippen LogP contribution >= 0.6 is 11.3 Å². The third-order valence-electron chi connectivity index (χ3n) is 4.98. The average Bonchev–Trinajstić information content (AvgIpc) is 3.05. The van der Waals surface area contributed by atoms with Gasteiger partial charge in [0.15, 0.2) is 0 Å². The van der Waals surface area contributed by atoms with Crippen LogP contribution in [0.25, 0.3) is 11.1 Å². The predicted molar refractivity (Wildman–Crippen MR) is 113 cm³/mol. The normalized spacial score (nSPS) is 13.8. The average molecular weight is 391 g/mol. The van der Waals surface area contributed by atoms with Crippen molar-refractivity contribution in [1.82, 2.24) is 4.90 Å². The number of carbonyl (C=O) groups is 2. The van der Waals surface area contributed by atoms with E-state index in [2.05, 4.69) is 10.2 Å². The Balaban J connectivity index is 1.58. The molecular formula is C22H21N3O2S. The molecule has 3 aromatic rings. The van der Waals surface area contributed by atoms with Gasteiger partial charge in [0.25, 0.3) is 11.8 Å². The summed E-state index contributed by atoms with van der Waals surface area (Å²) in [5.41, 5.74) is 9.74. The molecule has 0 fully saturated rings. The third kappa shape index (κ3) is 3.56. The van der Waals surface area contributed by atoms with Crippen LogP contribution in [0.15, 0.2) is 54.6 Å². The SMILES string of the molecule is CN1CCc2c(sc(NC(=O)c3ccc(-c4ccccc4)cc3)c2C(N)=O)C1. The number of thiophene rings is 1. The second-order valence-corrected chi connectivity index (χ2v) is 8.06. The summed E-state index contributed by atoms with van der Waals surface area (Å²) >= 11 is 1.44. The van der Waals surface area contributed by atoms with Crippen molar-refractivity contribution < 1.29 is 9.59 Å². The van der Waals surface area contributed by atoms with Crippen LogP contribution in [-0.4, -0.2) is 30.3 Å². The first kappa shape index (κ1) is 18.4. The second kappa shape index (κ2) is 7.58. The minimum Gasteiger partial charge on any atom is -0.365 e. The van der Waals surface area contributed by atoms with Crippen molar-refractivity contribution in [2.75, 3.05) is 18.9 Å². The van der Waals surface area contributed by atoms with Gasteiger partial charge >= 0.3 is 0 Å². The molecule has 3 N–H and O–H groups in total. The summed E-state index contributed by atoms with van der Waals surface area (Å²) in [6.45, 7) is 1.64. The fourth-order valence-electron chi connectivity index (χ4n) is 3.50. The van der Waals surface area contributed by atoms with Crippen molar-refractivity contribution >= 4 is 28.2 Å². The Morgan fingerprint density at radius 3 is 2.39 bits per heavy atom. The molecular weight excluding hydrogens is 370 g/mol. The fraction of sp³-hybridized carbons (Fsp3) is 0.182. The number of fused-ring (bicyclic) bond motifs is 1. The van der Waals surface area contributed by atoms with Gasteiger partial charge in [0.1, 0.15) is 5.00 Å². The van der Waals surface area contributed by atoms with Crippen LogP contribution in [0.1, 0.15) is 31.2 Å². The molecule has 0 spiro atoms. The zero-order valence-corrected chi connectivity index (χ0v) is 16.4. The highest BCUT2D eigenvalue weighted by molar-refractivity contribution is 7.17. The largest absolute Gasteiger partial charge is 0.365 e. The highest BCUT2D eigenvalue weighted by Crippen LogP contribution is 2.36. The van der Waals surface area contributed by atoms with Crippen molar-refractivity contribution in [1.29, 1.82) is 0 Å². The van der Waals surface area contributed by atoms with Crippen LogP contribution in [0, 0.1) is 0 Å². The Bertz CT molecular complexity index is 1030. The molecule has 2 amide bonds. The van der Waals surface area contributed by atoms with E-state index in [1.807, 2.05) is 49.5 Å². The highest BCUT2D eigenvalue weighted by Gasteiger charge is 2.26. The Morgan fingerprint density at radius 2 is 1.71 bits per heavy atom. The molecule has 1 aromatic heterocycles. The maximum Gasteiger partial charge on any atom is 0.256 e. The number of amides is 2. The summed E-state index contributed by atoms with van der Waals surface area (Å²) in [5.74, 6) is -0.731. The Hall–Kier alpha value is -2.96. The lowest BCUT2D eigenvalue weighted by molar-refractivity contribution is 0.1000. The summed E-state index contributed by atoms with van der Waals surface area (Å²) in [6.07, 6.45) is 0.766. The minimum atomic E-state index is -0.489.